The van der Waals surface area contributed by atoms with E-state index in [9.17, 15) is 19.7 Å². The highest BCUT2D eigenvalue weighted by atomic mass is 16.6. The molecule has 2 amide bonds. The molecule has 0 unspecified atom stereocenters. The summed E-state index contributed by atoms with van der Waals surface area (Å²) in [5.41, 5.74) is 1.69. The molecule has 0 aliphatic carbocycles. The van der Waals surface area contributed by atoms with E-state index < -0.39 is 11.0 Å². The Labute approximate surface area is 150 Å². The van der Waals surface area contributed by atoms with Crippen molar-refractivity contribution in [3.8, 4) is 0 Å². The lowest BCUT2D eigenvalue weighted by atomic mass is 10.1. The van der Waals surface area contributed by atoms with E-state index in [1.54, 1.807) is 46.2 Å². The van der Waals surface area contributed by atoms with Crippen LogP contribution in [-0.4, -0.2) is 34.2 Å². The van der Waals surface area contributed by atoms with Crippen LogP contribution in [0.15, 0.2) is 48.5 Å². The summed E-state index contributed by atoms with van der Waals surface area (Å²) in [6, 6.07) is 12.8. The highest BCUT2D eigenvalue weighted by molar-refractivity contribution is 6.11. The van der Waals surface area contributed by atoms with Gasteiger partial charge in [-0.15, -0.1) is 0 Å². The van der Waals surface area contributed by atoms with Crippen molar-refractivity contribution in [2.45, 2.75) is 25.4 Å². The zero-order chi connectivity index (χ0) is 18.3. The molecule has 0 aromatic heterocycles. The predicted molar refractivity (Wildman–Crippen MR) is 94.8 cm³/mol. The van der Waals surface area contributed by atoms with Gasteiger partial charge in [-0.25, -0.2) is 0 Å². The predicted octanol–water partition coefficient (Wildman–Crippen LogP) is 2.75. The second kappa shape index (κ2) is 6.25. The second-order valence-corrected chi connectivity index (χ2v) is 6.53. The average molecular weight is 351 g/mol. The summed E-state index contributed by atoms with van der Waals surface area (Å²) in [5.74, 6) is -0.259. The van der Waals surface area contributed by atoms with Gasteiger partial charge < -0.3 is 9.80 Å². The molecular weight excluding hydrogens is 334 g/mol. The maximum Gasteiger partial charge on any atom is 0.269 e. The largest absolute Gasteiger partial charge is 0.327 e. The monoisotopic (exact) mass is 351 g/mol. The molecule has 2 aromatic rings. The molecule has 7 heteroatoms. The quantitative estimate of drug-likeness (QED) is 0.629. The molecule has 0 radical (unpaired) electrons. The van der Waals surface area contributed by atoms with Gasteiger partial charge in [0.05, 0.1) is 22.7 Å². The topological polar surface area (TPSA) is 83.8 Å². The van der Waals surface area contributed by atoms with E-state index in [1.165, 1.54) is 12.1 Å². The van der Waals surface area contributed by atoms with Crippen LogP contribution in [0.5, 0.6) is 0 Å². The lowest BCUT2D eigenvalue weighted by molar-refractivity contribution is -0.384. The summed E-state index contributed by atoms with van der Waals surface area (Å²) in [6.45, 7) is 0.767. The van der Waals surface area contributed by atoms with E-state index in [0.29, 0.717) is 29.8 Å². The maximum atomic E-state index is 13.2. The highest BCUT2D eigenvalue weighted by Crippen LogP contribution is 2.33. The molecular formula is C19H17N3O4. The van der Waals surface area contributed by atoms with Crippen molar-refractivity contribution in [2.75, 3.05) is 11.4 Å². The molecule has 2 heterocycles. The Morgan fingerprint density at radius 3 is 2.73 bits per heavy atom. The molecule has 0 bridgehead atoms. The molecule has 0 N–H and O–H groups in total. The number of fused-ring (bicyclic) bond motifs is 2. The number of amides is 2. The van der Waals surface area contributed by atoms with E-state index in [0.717, 1.165) is 6.42 Å². The molecule has 1 fully saturated rings. The number of hydrogen-bond acceptors (Lipinski definition) is 4. The van der Waals surface area contributed by atoms with Gasteiger partial charge in [-0.2, -0.15) is 0 Å². The third-order valence-electron chi connectivity index (χ3n) is 4.95. The smallest absolute Gasteiger partial charge is 0.269 e. The Morgan fingerprint density at radius 1 is 1.12 bits per heavy atom. The first kappa shape index (κ1) is 16.3. The lowest BCUT2D eigenvalue weighted by Crippen LogP contribution is -2.44. The molecule has 2 aliphatic rings. The Hall–Kier alpha value is -3.22. The van der Waals surface area contributed by atoms with E-state index in [2.05, 4.69) is 0 Å². The van der Waals surface area contributed by atoms with Crippen LogP contribution in [0.2, 0.25) is 0 Å². The SMILES string of the molecule is O=C1[C@@H]2CCCN2C(=O)c2ccccc2N1Cc1cccc([N+](=O)[O-])c1. The number of rotatable bonds is 3. The van der Waals surface area contributed by atoms with Crippen LogP contribution < -0.4 is 4.90 Å². The standard InChI is InChI=1S/C19H17N3O4/c23-18-15-7-1-2-8-16(15)21(19(24)17-9-4-10-20(17)18)12-13-5-3-6-14(11-13)22(25)26/h1-3,5-8,11,17H,4,9-10,12H2/t17-/m0/s1. The number of benzene rings is 2. The molecule has 1 saturated heterocycles. The minimum atomic E-state index is -0.464. The van der Waals surface area contributed by atoms with Crippen molar-refractivity contribution in [1.82, 2.24) is 4.90 Å². The lowest BCUT2D eigenvalue weighted by Gasteiger charge is -2.26. The number of para-hydroxylation sites is 1. The van der Waals surface area contributed by atoms with Gasteiger partial charge in [-0.1, -0.05) is 24.3 Å². The Bertz CT molecular complexity index is 911. The van der Waals surface area contributed by atoms with Crippen LogP contribution >= 0.6 is 0 Å². The van der Waals surface area contributed by atoms with E-state index in [4.69, 9.17) is 0 Å². The third-order valence-corrected chi connectivity index (χ3v) is 4.95. The molecule has 2 aliphatic heterocycles. The van der Waals surface area contributed by atoms with E-state index in [-0.39, 0.29) is 24.0 Å². The van der Waals surface area contributed by atoms with E-state index in [1.807, 2.05) is 0 Å². The van der Waals surface area contributed by atoms with Crippen molar-refractivity contribution in [2.24, 2.45) is 0 Å². The van der Waals surface area contributed by atoms with Gasteiger partial charge in [0.25, 0.3) is 11.6 Å². The van der Waals surface area contributed by atoms with Crippen LogP contribution in [0.1, 0.15) is 28.8 Å². The summed E-state index contributed by atoms with van der Waals surface area (Å²) in [5, 5.41) is 11.0. The molecule has 132 valence electrons. The molecule has 4 rings (SSSR count). The molecule has 0 saturated carbocycles. The van der Waals surface area contributed by atoms with Crippen molar-refractivity contribution >= 4 is 23.2 Å². The summed E-state index contributed by atoms with van der Waals surface area (Å²) in [4.78, 5) is 39.8. The molecule has 0 spiro atoms. The van der Waals surface area contributed by atoms with Crippen LogP contribution in [0, 0.1) is 10.1 Å². The number of anilines is 1. The molecule has 2 aromatic carbocycles. The Morgan fingerprint density at radius 2 is 1.92 bits per heavy atom. The fourth-order valence-electron chi connectivity index (χ4n) is 3.72. The number of nitro benzene ring substituents is 1. The average Bonchev–Trinajstić information content (AvgIpc) is 3.12. The first-order valence-electron chi connectivity index (χ1n) is 8.51. The second-order valence-electron chi connectivity index (χ2n) is 6.53. The number of carbonyl (C=O) groups excluding carboxylic acids is 2. The normalized spacial score (nSPS) is 19.2. The minimum absolute atomic E-state index is 0.0170. The number of carbonyl (C=O) groups is 2. The number of hydrogen-bond donors (Lipinski definition) is 0. The van der Waals surface area contributed by atoms with Crippen LogP contribution in [0.4, 0.5) is 11.4 Å². The first-order chi connectivity index (χ1) is 12.6. The van der Waals surface area contributed by atoms with Gasteiger partial charge in [-0.3, -0.25) is 19.7 Å². The number of nitro groups is 1. The highest BCUT2D eigenvalue weighted by Gasteiger charge is 2.41. The van der Waals surface area contributed by atoms with Gasteiger partial charge in [-0.05, 0) is 30.5 Å². The van der Waals surface area contributed by atoms with Crippen molar-refractivity contribution in [3.63, 3.8) is 0 Å². The van der Waals surface area contributed by atoms with Crippen molar-refractivity contribution < 1.29 is 14.5 Å². The zero-order valence-corrected chi connectivity index (χ0v) is 14.0. The van der Waals surface area contributed by atoms with Crippen molar-refractivity contribution in [1.29, 1.82) is 0 Å². The summed E-state index contributed by atoms with van der Waals surface area (Å²) < 4.78 is 0. The van der Waals surface area contributed by atoms with Gasteiger partial charge in [0.15, 0.2) is 0 Å². The summed E-state index contributed by atoms with van der Waals surface area (Å²) in [7, 11) is 0. The number of nitrogens with zero attached hydrogens (tertiary/aromatic N) is 3. The van der Waals surface area contributed by atoms with Crippen LogP contribution in [-0.2, 0) is 11.3 Å². The maximum absolute atomic E-state index is 13.2. The van der Waals surface area contributed by atoms with Gasteiger partial charge in [0.1, 0.15) is 6.04 Å². The minimum Gasteiger partial charge on any atom is -0.327 e. The van der Waals surface area contributed by atoms with Gasteiger partial charge in [0, 0.05) is 18.7 Å². The van der Waals surface area contributed by atoms with Crippen LogP contribution in [0.25, 0.3) is 0 Å². The molecule has 26 heavy (non-hydrogen) atoms. The van der Waals surface area contributed by atoms with Gasteiger partial charge >= 0.3 is 0 Å². The summed E-state index contributed by atoms with van der Waals surface area (Å²) >= 11 is 0. The Balaban J connectivity index is 1.77. The van der Waals surface area contributed by atoms with Crippen LogP contribution in [0.3, 0.4) is 0 Å². The zero-order valence-electron chi connectivity index (χ0n) is 14.0. The first-order valence-corrected chi connectivity index (χ1v) is 8.51. The van der Waals surface area contributed by atoms with E-state index >= 15 is 0 Å². The fraction of sp³-hybridized carbons (Fsp3) is 0.263. The molecule has 7 nitrogen and oxygen atoms in total. The van der Waals surface area contributed by atoms with Crippen molar-refractivity contribution in [3.05, 3.63) is 69.8 Å². The molecule has 1 atom stereocenters. The fourth-order valence-corrected chi connectivity index (χ4v) is 3.72. The third kappa shape index (κ3) is 2.61. The Kier molecular flexibility index (Phi) is 3.91. The van der Waals surface area contributed by atoms with Gasteiger partial charge in [0.2, 0.25) is 5.91 Å². The number of non-ortho nitro benzene ring substituents is 1. The summed E-state index contributed by atoms with van der Waals surface area (Å²) in [6.07, 6.45) is 1.44.